The van der Waals surface area contributed by atoms with Crippen molar-refractivity contribution in [1.82, 2.24) is 5.32 Å². The smallest absolute Gasteiger partial charge is 0.224 e. The fourth-order valence-electron chi connectivity index (χ4n) is 1.35. The van der Waals surface area contributed by atoms with Crippen LogP contribution < -0.4 is 5.32 Å². The van der Waals surface area contributed by atoms with E-state index in [2.05, 4.69) is 5.32 Å². The zero-order valence-corrected chi connectivity index (χ0v) is 9.79. The van der Waals surface area contributed by atoms with E-state index in [4.69, 9.17) is 9.84 Å². The van der Waals surface area contributed by atoms with Crippen molar-refractivity contribution < 1.29 is 23.4 Å². The Morgan fingerprint density at radius 1 is 1.28 bits per heavy atom. The molecule has 0 atom stereocenters. The second-order valence-electron chi connectivity index (χ2n) is 3.56. The Hall–Kier alpha value is -1.53. The van der Waals surface area contributed by atoms with Gasteiger partial charge in [0.05, 0.1) is 26.2 Å². The van der Waals surface area contributed by atoms with E-state index in [0.717, 1.165) is 12.1 Å². The van der Waals surface area contributed by atoms with Crippen molar-refractivity contribution in [2.75, 3.05) is 26.4 Å². The van der Waals surface area contributed by atoms with Crippen molar-refractivity contribution in [1.29, 1.82) is 0 Å². The first-order valence-corrected chi connectivity index (χ1v) is 5.53. The predicted molar refractivity (Wildman–Crippen MR) is 61.0 cm³/mol. The summed E-state index contributed by atoms with van der Waals surface area (Å²) in [5.41, 5.74) is -0.244. The molecule has 0 aromatic heterocycles. The van der Waals surface area contributed by atoms with Gasteiger partial charge in [-0.3, -0.25) is 4.79 Å². The maximum atomic E-state index is 13.2. The van der Waals surface area contributed by atoms with Crippen molar-refractivity contribution in [2.24, 2.45) is 0 Å². The number of aliphatic hydroxyl groups is 1. The van der Waals surface area contributed by atoms with Crippen molar-refractivity contribution in [3.8, 4) is 0 Å². The molecular formula is C12H15F2NO3. The van der Waals surface area contributed by atoms with Gasteiger partial charge in [-0.15, -0.1) is 0 Å². The highest BCUT2D eigenvalue weighted by molar-refractivity contribution is 5.78. The Bertz CT molecular complexity index is 379. The number of halogens is 2. The minimum absolute atomic E-state index is 0.0889. The first kappa shape index (κ1) is 14.5. The van der Waals surface area contributed by atoms with E-state index in [9.17, 15) is 13.6 Å². The van der Waals surface area contributed by atoms with Crippen LogP contribution >= 0.6 is 0 Å². The summed E-state index contributed by atoms with van der Waals surface area (Å²) in [5.74, 6) is -1.95. The van der Waals surface area contributed by atoms with Crippen LogP contribution in [0.3, 0.4) is 0 Å². The number of amides is 1. The van der Waals surface area contributed by atoms with Gasteiger partial charge in [0.1, 0.15) is 11.6 Å². The standard InChI is InChI=1S/C12H15F2NO3/c13-10-2-1-3-11(14)9(10)8-12(17)15-4-6-18-7-5-16/h1-3,16H,4-8H2,(H,15,17). The van der Waals surface area contributed by atoms with Gasteiger partial charge < -0.3 is 15.2 Å². The Kier molecular flexibility index (Phi) is 6.24. The lowest BCUT2D eigenvalue weighted by Gasteiger charge is -2.07. The number of carbonyl (C=O) groups is 1. The van der Waals surface area contributed by atoms with E-state index in [1.54, 1.807) is 0 Å². The molecule has 1 aromatic carbocycles. The number of hydrogen-bond acceptors (Lipinski definition) is 3. The number of aliphatic hydroxyl groups excluding tert-OH is 1. The minimum Gasteiger partial charge on any atom is -0.394 e. The minimum atomic E-state index is -0.735. The van der Waals surface area contributed by atoms with E-state index >= 15 is 0 Å². The molecule has 1 amide bonds. The molecule has 0 heterocycles. The third kappa shape index (κ3) is 4.77. The molecule has 0 aliphatic carbocycles. The van der Waals surface area contributed by atoms with Gasteiger partial charge in [0.25, 0.3) is 0 Å². The topological polar surface area (TPSA) is 58.6 Å². The predicted octanol–water partition coefficient (Wildman–Crippen LogP) is 0.632. The highest BCUT2D eigenvalue weighted by Crippen LogP contribution is 2.12. The molecule has 100 valence electrons. The molecule has 0 saturated heterocycles. The third-order valence-electron chi connectivity index (χ3n) is 2.20. The summed E-state index contributed by atoms with van der Waals surface area (Å²) in [6.07, 6.45) is -0.349. The molecule has 1 aromatic rings. The quantitative estimate of drug-likeness (QED) is 0.706. The molecule has 0 bridgehead atoms. The number of ether oxygens (including phenoxy) is 1. The summed E-state index contributed by atoms with van der Waals surface area (Å²) < 4.78 is 31.4. The first-order chi connectivity index (χ1) is 8.65. The van der Waals surface area contributed by atoms with Gasteiger partial charge in [-0.05, 0) is 12.1 Å². The summed E-state index contributed by atoms with van der Waals surface area (Å²) in [6.45, 7) is 0.577. The molecule has 0 fully saturated rings. The Labute approximate surface area is 104 Å². The fourth-order valence-corrected chi connectivity index (χ4v) is 1.35. The number of rotatable bonds is 7. The molecule has 4 nitrogen and oxygen atoms in total. The summed E-state index contributed by atoms with van der Waals surface area (Å²) in [7, 11) is 0. The molecule has 0 aliphatic heterocycles. The third-order valence-corrected chi connectivity index (χ3v) is 2.20. The molecule has 6 heteroatoms. The number of carbonyl (C=O) groups excluding carboxylic acids is 1. The van der Waals surface area contributed by atoms with Gasteiger partial charge in [0.2, 0.25) is 5.91 Å². The van der Waals surface area contributed by atoms with Gasteiger partial charge in [0, 0.05) is 12.1 Å². The normalized spacial score (nSPS) is 10.4. The average molecular weight is 259 g/mol. The van der Waals surface area contributed by atoms with Crippen LogP contribution in [0.4, 0.5) is 8.78 Å². The lowest BCUT2D eigenvalue weighted by atomic mass is 10.1. The highest BCUT2D eigenvalue weighted by atomic mass is 19.1. The monoisotopic (exact) mass is 259 g/mol. The maximum absolute atomic E-state index is 13.2. The van der Waals surface area contributed by atoms with Gasteiger partial charge >= 0.3 is 0 Å². The van der Waals surface area contributed by atoms with Gasteiger partial charge in [-0.1, -0.05) is 6.07 Å². The molecular weight excluding hydrogens is 244 g/mol. The van der Waals surface area contributed by atoms with E-state index in [0.29, 0.717) is 0 Å². The summed E-state index contributed by atoms with van der Waals surface area (Å²) in [5, 5.41) is 10.9. The van der Waals surface area contributed by atoms with Crippen LogP contribution in [0.15, 0.2) is 18.2 Å². The van der Waals surface area contributed by atoms with Crippen molar-refractivity contribution >= 4 is 5.91 Å². The van der Waals surface area contributed by atoms with Crippen molar-refractivity contribution in [3.63, 3.8) is 0 Å². The molecule has 0 aliphatic rings. The molecule has 2 N–H and O–H groups in total. The number of benzene rings is 1. The zero-order valence-electron chi connectivity index (χ0n) is 9.79. The maximum Gasteiger partial charge on any atom is 0.224 e. The van der Waals surface area contributed by atoms with Crippen LogP contribution in [0.25, 0.3) is 0 Å². The average Bonchev–Trinajstić information content (AvgIpc) is 2.34. The van der Waals surface area contributed by atoms with E-state index < -0.39 is 17.5 Å². The van der Waals surface area contributed by atoms with Crippen LogP contribution in [-0.2, 0) is 16.0 Å². The highest BCUT2D eigenvalue weighted by Gasteiger charge is 2.12. The second-order valence-corrected chi connectivity index (χ2v) is 3.56. The Balaban J connectivity index is 2.36. The fraction of sp³-hybridized carbons (Fsp3) is 0.417. The SMILES string of the molecule is O=C(Cc1c(F)cccc1F)NCCOCCO. The summed E-state index contributed by atoms with van der Waals surface area (Å²) in [4.78, 5) is 11.4. The zero-order chi connectivity index (χ0) is 13.4. The molecule has 18 heavy (non-hydrogen) atoms. The van der Waals surface area contributed by atoms with Crippen LogP contribution in [0, 0.1) is 11.6 Å². The van der Waals surface area contributed by atoms with Crippen LogP contribution in [-0.4, -0.2) is 37.4 Å². The van der Waals surface area contributed by atoms with E-state index in [1.165, 1.54) is 6.07 Å². The lowest BCUT2D eigenvalue weighted by Crippen LogP contribution is -2.29. The van der Waals surface area contributed by atoms with Gasteiger partial charge in [-0.2, -0.15) is 0 Å². The van der Waals surface area contributed by atoms with E-state index in [1.807, 2.05) is 0 Å². The van der Waals surface area contributed by atoms with Crippen LogP contribution in [0.5, 0.6) is 0 Å². The number of hydrogen-bond donors (Lipinski definition) is 2. The van der Waals surface area contributed by atoms with Crippen LogP contribution in [0.2, 0.25) is 0 Å². The van der Waals surface area contributed by atoms with E-state index in [-0.39, 0.29) is 38.3 Å². The van der Waals surface area contributed by atoms with Crippen molar-refractivity contribution in [2.45, 2.75) is 6.42 Å². The summed E-state index contributed by atoms with van der Waals surface area (Å²) in [6, 6.07) is 3.46. The molecule has 0 unspecified atom stereocenters. The molecule has 0 saturated carbocycles. The first-order valence-electron chi connectivity index (χ1n) is 5.53. The van der Waals surface area contributed by atoms with Gasteiger partial charge in [-0.25, -0.2) is 8.78 Å². The Morgan fingerprint density at radius 3 is 2.56 bits per heavy atom. The Morgan fingerprint density at radius 2 is 1.94 bits per heavy atom. The van der Waals surface area contributed by atoms with Crippen molar-refractivity contribution in [3.05, 3.63) is 35.4 Å². The lowest BCUT2D eigenvalue weighted by molar-refractivity contribution is -0.120. The van der Waals surface area contributed by atoms with Gasteiger partial charge in [0.15, 0.2) is 0 Å². The van der Waals surface area contributed by atoms with Crippen LogP contribution in [0.1, 0.15) is 5.56 Å². The largest absolute Gasteiger partial charge is 0.394 e. The molecule has 0 spiro atoms. The second kappa shape index (κ2) is 7.73. The number of nitrogens with one attached hydrogen (secondary N) is 1. The molecule has 0 radical (unpaired) electrons. The molecule has 1 rings (SSSR count). The summed E-state index contributed by atoms with van der Waals surface area (Å²) >= 11 is 0.